The standard InChI is InChI=1S/C9H9ClF2OS/c10-7-2-1-6(14-7)8(13)5-3-9(11,12)4-5/h1-2,5,8,13H,3-4H2. The number of alkyl halides is 2. The fraction of sp³-hybridized carbons (Fsp3) is 0.556. The highest BCUT2D eigenvalue weighted by atomic mass is 35.5. The highest BCUT2D eigenvalue weighted by Crippen LogP contribution is 2.49. The van der Waals surface area contributed by atoms with Crippen LogP contribution in [-0.2, 0) is 0 Å². The van der Waals surface area contributed by atoms with Gasteiger partial charge in [0.25, 0.3) is 0 Å². The molecule has 5 heteroatoms. The predicted molar refractivity (Wildman–Crippen MR) is 52.0 cm³/mol. The van der Waals surface area contributed by atoms with Gasteiger partial charge in [0, 0.05) is 23.6 Å². The summed E-state index contributed by atoms with van der Waals surface area (Å²) in [7, 11) is 0. The van der Waals surface area contributed by atoms with Gasteiger partial charge in [-0.3, -0.25) is 0 Å². The fourth-order valence-electron chi connectivity index (χ4n) is 1.65. The Bertz CT molecular complexity index is 331. The van der Waals surface area contributed by atoms with Crippen LogP contribution in [0.5, 0.6) is 0 Å². The van der Waals surface area contributed by atoms with Crippen molar-refractivity contribution in [3.8, 4) is 0 Å². The van der Waals surface area contributed by atoms with Gasteiger partial charge in [-0.2, -0.15) is 0 Å². The Morgan fingerprint density at radius 3 is 2.57 bits per heavy atom. The molecule has 1 aromatic rings. The Balaban J connectivity index is 2.00. The Morgan fingerprint density at radius 2 is 2.14 bits per heavy atom. The van der Waals surface area contributed by atoms with Crippen LogP contribution in [0.15, 0.2) is 12.1 Å². The summed E-state index contributed by atoms with van der Waals surface area (Å²) >= 11 is 6.93. The quantitative estimate of drug-likeness (QED) is 0.836. The molecule has 0 bridgehead atoms. The number of aliphatic hydroxyl groups excluding tert-OH is 1. The maximum absolute atomic E-state index is 12.5. The van der Waals surface area contributed by atoms with Gasteiger partial charge in [-0.05, 0) is 12.1 Å². The first kappa shape index (κ1) is 10.3. The third-order valence-electron chi connectivity index (χ3n) is 2.45. The summed E-state index contributed by atoms with van der Waals surface area (Å²) in [4.78, 5) is 0.676. The summed E-state index contributed by atoms with van der Waals surface area (Å²) in [5.74, 6) is -2.90. The molecule has 0 radical (unpaired) electrons. The van der Waals surface area contributed by atoms with Gasteiger partial charge in [-0.1, -0.05) is 11.6 Å². The van der Waals surface area contributed by atoms with Gasteiger partial charge in [0.05, 0.1) is 10.4 Å². The molecular weight excluding hydrogens is 230 g/mol. The van der Waals surface area contributed by atoms with E-state index in [1.807, 2.05) is 0 Å². The van der Waals surface area contributed by atoms with E-state index in [1.54, 1.807) is 12.1 Å². The topological polar surface area (TPSA) is 20.2 Å². The molecule has 1 heterocycles. The van der Waals surface area contributed by atoms with E-state index < -0.39 is 12.0 Å². The zero-order valence-corrected chi connectivity index (χ0v) is 8.79. The zero-order chi connectivity index (χ0) is 10.3. The van der Waals surface area contributed by atoms with E-state index >= 15 is 0 Å². The number of hydrogen-bond donors (Lipinski definition) is 1. The van der Waals surface area contributed by atoms with Gasteiger partial charge in [0.1, 0.15) is 0 Å². The second kappa shape index (κ2) is 3.43. The van der Waals surface area contributed by atoms with Gasteiger partial charge >= 0.3 is 0 Å². The molecule has 78 valence electrons. The Labute approximate surface area is 89.3 Å². The molecule has 14 heavy (non-hydrogen) atoms. The van der Waals surface area contributed by atoms with E-state index in [4.69, 9.17) is 11.6 Å². The molecule has 1 unspecified atom stereocenters. The number of hydrogen-bond acceptors (Lipinski definition) is 2. The molecule has 1 N–H and O–H groups in total. The van der Waals surface area contributed by atoms with Crippen molar-refractivity contribution >= 4 is 22.9 Å². The number of thiophene rings is 1. The van der Waals surface area contributed by atoms with Gasteiger partial charge in [-0.25, -0.2) is 8.78 Å². The monoisotopic (exact) mass is 238 g/mol. The Hall–Kier alpha value is -0.190. The Kier molecular flexibility index (Phi) is 2.53. The molecule has 0 spiro atoms. The van der Waals surface area contributed by atoms with Crippen LogP contribution in [-0.4, -0.2) is 11.0 Å². The van der Waals surface area contributed by atoms with Crippen LogP contribution >= 0.6 is 22.9 Å². The average Bonchev–Trinajstić information content (AvgIpc) is 2.46. The minimum absolute atomic E-state index is 0.219. The molecule has 1 aliphatic carbocycles. The van der Waals surface area contributed by atoms with Gasteiger partial charge in [-0.15, -0.1) is 11.3 Å². The lowest BCUT2D eigenvalue weighted by molar-refractivity contribution is -0.141. The molecule has 1 saturated carbocycles. The molecule has 1 aromatic heterocycles. The first-order valence-electron chi connectivity index (χ1n) is 4.29. The average molecular weight is 239 g/mol. The van der Waals surface area contributed by atoms with Crippen LogP contribution in [0.2, 0.25) is 4.34 Å². The molecule has 0 aliphatic heterocycles. The van der Waals surface area contributed by atoms with Crippen LogP contribution in [0.1, 0.15) is 23.8 Å². The minimum Gasteiger partial charge on any atom is -0.387 e. The lowest BCUT2D eigenvalue weighted by Crippen LogP contribution is -2.38. The molecule has 1 aliphatic rings. The number of halogens is 3. The maximum atomic E-state index is 12.5. The molecule has 0 amide bonds. The smallest absolute Gasteiger partial charge is 0.248 e. The van der Waals surface area contributed by atoms with E-state index in [-0.39, 0.29) is 18.8 Å². The summed E-state index contributed by atoms with van der Waals surface area (Å²) in [6.45, 7) is 0. The molecule has 1 fully saturated rings. The first-order chi connectivity index (χ1) is 6.48. The lowest BCUT2D eigenvalue weighted by atomic mass is 9.77. The van der Waals surface area contributed by atoms with E-state index in [0.29, 0.717) is 9.21 Å². The first-order valence-corrected chi connectivity index (χ1v) is 5.48. The number of aliphatic hydroxyl groups is 1. The normalized spacial score (nSPS) is 23.1. The van der Waals surface area contributed by atoms with E-state index in [0.717, 1.165) is 0 Å². The zero-order valence-electron chi connectivity index (χ0n) is 7.21. The Morgan fingerprint density at radius 1 is 1.50 bits per heavy atom. The second-order valence-corrected chi connectivity index (χ2v) is 5.36. The third-order valence-corrected chi connectivity index (χ3v) is 3.76. The molecule has 1 atom stereocenters. The van der Waals surface area contributed by atoms with Gasteiger partial charge in [0.2, 0.25) is 5.92 Å². The maximum Gasteiger partial charge on any atom is 0.248 e. The van der Waals surface area contributed by atoms with Crippen molar-refractivity contribution in [2.45, 2.75) is 24.9 Å². The van der Waals surface area contributed by atoms with Gasteiger partial charge < -0.3 is 5.11 Å². The highest BCUT2D eigenvalue weighted by molar-refractivity contribution is 7.16. The predicted octanol–water partition coefficient (Wildman–Crippen LogP) is 3.48. The van der Waals surface area contributed by atoms with Crippen LogP contribution in [0, 0.1) is 5.92 Å². The third kappa shape index (κ3) is 1.92. The van der Waals surface area contributed by atoms with Crippen molar-refractivity contribution in [1.82, 2.24) is 0 Å². The van der Waals surface area contributed by atoms with Crippen LogP contribution in [0.3, 0.4) is 0 Å². The summed E-state index contributed by atoms with van der Waals surface area (Å²) in [6.07, 6.45) is -1.22. The summed E-state index contributed by atoms with van der Waals surface area (Å²) in [5.41, 5.74) is 0. The number of rotatable bonds is 2. The van der Waals surface area contributed by atoms with Crippen molar-refractivity contribution < 1.29 is 13.9 Å². The van der Waals surface area contributed by atoms with Crippen LogP contribution < -0.4 is 0 Å². The van der Waals surface area contributed by atoms with Crippen LogP contribution in [0.25, 0.3) is 0 Å². The molecule has 0 aromatic carbocycles. The van der Waals surface area contributed by atoms with E-state index in [9.17, 15) is 13.9 Å². The largest absolute Gasteiger partial charge is 0.387 e. The summed E-state index contributed by atoms with van der Waals surface area (Å²) < 4.78 is 25.6. The van der Waals surface area contributed by atoms with Gasteiger partial charge in [0.15, 0.2) is 0 Å². The lowest BCUT2D eigenvalue weighted by Gasteiger charge is -2.37. The van der Waals surface area contributed by atoms with Crippen molar-refractivity contribution in [2.75, 3.05) is 0 Å². The van der Waals surface area contributed by atoms with Crippen molar-refractivity contribution in [3.63, 3.8) is 0 Å². The summed E-state index contributed by atoms with van der Waals surface area (Å²) in [6, 6.07) is 3.36. The van der Waals surface area contributed by atoms with Crippen molar-refractivity contribution in [2.24, 2.45) is 5.92 Å². The van der Waals surface area contributed by atoms with Crippen LogP contribution in [0.4, 0.5) is 8.78 Å². The minimum atomic E-state index is -2.58. The second-order valence-electron chi connectivity index (χ2n) is 3.61. The van der Waals surface area contributed by atoms with Crippen molar-refractivity contribution in [3.05, 3.63) is 21.3 Å². The fourth-order valence-corrected chi connectivity index (χ4v) is 2.79. The van der Waals surface area contributed by atoms with E-state index in [1.165, 1.54) is 11.3 Å². The van der Waals surface area contributed by atoms with Crippen molar-refractivity contribution in [1.29, 1.82) is 0 Å². The summed E-state index contributed by atoms with van der Waals surface area (Å²) in [5, 5.41) is 9.70. The molecular formula is C9H9ClF2OS. The highest BCUT2D eigenvalue weighted by Gasteiger charge is 2.48. The molecule has 0 saturated heterocycles. The molecule has 1 nitrogen and oxygen atoms in total. The molecule has 2 rings (SSSR count). The SMILES string of the molecule is OC(c1ccc(Cl)s1)C1CC(F)(F)C1. The van der Waals surface area contributed by atoms with E-state index in [2.05, 4.69) is 0 Å².